The molecule has 2 amide bonds. The number of nitrogens with one attached hydrogen (secondary N) is 2. The summed E-state index contributed by atoms with van der Waals surface area (Å²) < 4.78 is 5.36. The molecule has 2 aromatic rings. The predicted molar refractivity (Wildman–Crippen MR) is 94.2 cm³/mol. The highest BCUT2D eigenvalue weighted by Gasteiger charge is 2.07. The lowest BCUT2D eigenvalue weighted by atomic mass is 10.1. The Morgan fingerprint density at radius 2 is 1.50 bits per heavy atom. The minimum absolute atomic E-state index is 0.0942. The first-order chi connectivity index (χ1) is 11.4. The molecule has 0 bridgehead atoms. The largest absolute Gasteiger partial charge is 0.484 e. The number of hydrogen-bond acceptors (Lipinski definition) is 3. The number of aryl methyl sites for hydroxylation is 3. The molecule has 0 atom stereocenters. The fourth-order valence-electron chi connectivity index (χ4n) is 2.27. The standard InChI is InChI=1S/C19H22N2O3/c1-13-4-6-17(7-5-13)24-12-19(23)20-11-18(22)21-16-9-14(2)8-15(3)10-16/h4-10H,11-12H2,1-3H3,(H,20,23)(H,21,22). The van der Waals surface area contributed by atoms with E-state index in [0.717, 1.165) is 22.4 Å². The first kappa shape index (κ1) is 17.5. The van der Waals surface area contributed by atoms with Crippen LogP contribution in [0.15, 0.2) is 42.5 Å². The fourth-order valence-corrected chi connectivity index (χ4v) is 2.27. The summed E-state index contributed by atoms with van der Waals surface area (Å²) in [7, 11) is 0. The topological polar surface area (TPSA) is 67.4 Å². The second-order valence-electron chi connectivity index (χ2n) is 5.80. The average molecular weight is 326 g/mol. The number of carbonyl (C=O) groups excluding carboxylic acids is 2. The quantitative estimate of drug-likeness (QED) is 0.858. The van der Waals surface area contributed by atoms with Gasteiger partial charge in [-0.2, -0.15) is 0 Å². The van der Waals surface area contributed by atoms with E-state index in [0.29, 0.717) is 5.75 Å². The maximum atomic E-state index is 11.9. The summed E-state index contributed by atoms with van der Waals surface area (Å²) in [5, 5.41) is 5.30. The zero-order valence-corrected chi connectivity index (χ0v) is 14.2. The highest BCUT2D eigenvalue weighted by molar-refractivity contribution is 5.94. The Bertz CT molecular complexity index is 704. The lowest BCUT2D eigenvalue weighted by molar-refractivity contribution is -0.125. The third-order valence-electron chi connectivity index (χ3n) is 3.34. The number of anilines is 1. The van der Waals surface area contributed by atoms with Crippen LogP contribution in [0.5, 0.6) is 5.75 Å². The lowest BCUT2D eigenvalue weighted by Gasteiger charge is -2.09. The van der Waals surface area contributed by atoms with Crippen molar-refractivity contribution in [2.75, 3.05) is 18.5 Å². The summed E-state index contributed by atoms with van der Waals surface area (Å²) in [6.07, 6.45) is 0. The molecule has 5 nitrogen and oxygen atoms in total. The van der Waals surface area contributed by atoms with E-state index in [9.17, 15) is 9.59 Å². The van der Waals surface area contributed by atoms with Gasteiger partial charge in [0.1, 0.15) is 5.75 Å². The molecular weight excluding hydrogens is 304 g/mol. The van der Waals surface area contributed by atoms with Crippen molar-refractivity contribution in [1.29, 1.82) is 0 Å². The summed E-state index contributed by atoms with van der Waals surface area (Å²) in [6, 6.07) is 13.2. The van der Waals surface area contributed by atoms with Crippen molar-refractivity contribution in [1.82, 2.24) is 5.32 Å². The van der Waals surface area contributed by atoms with E-state index >= 15 is 0 Å². The van der Waals surface area contributed by atoms with Gasteiger partial charge in [-0.1, -0.05) is 23.8 Å². The number of hydrogen-bond donors (Lipinski definition) is 2. The molecule has 0 saturated heterocycles. The molecular formula is C19H22N2O3. The SMILES string of the molecule is Cc1ccc(OCC(=O)NCC(=O)Nc2cc(C)cc(C)c2)cc1. The van der Waals surface area contributed by atoms with Crippen LogP contribution in [-0.4, -0.2) is 25.0 Å². The van der Waals surface area contributed by atoms with Crippen LogP contribution in [0.1, 0.15) is 16.7 Å². The molecule has 0 spiro atoms. The molecule has 126 valence electrons. The van der Waals surface area contributed by atoms with Crippen LogP contribution < -0.4 is 15.4 Å². The number of ether oxygens (including phenoxy) is 1. The lowest BCUT2D eigenvalue weighted by Crippen LogP contribution is -2.35. The van der Waals surface area contributed by atoms with Crippen LogP contribution in [0.4, 0.5) is 5.69 Å². The smallest absolute Gasteiger partial charge is 0.258 e. The van der Waals surface area contributed by atoms with Crippen LogP contribution in [-0.2, 0) is 9.59 Å². The number of rotatable bonds is 6. The van der Waals surface area contributed by atoms with Crippen LogP contribution >= 0.6 is 0 Å². The van der Waals surface area contributed by atoms with E-state index in [1.54, 1.807) is 12.1 Å². The van der Waals surface area contributed by atoms with Gasteiger partial charge in [0.25, 0.3) is 5.91 Å². The van der Waals surface area contributed by atoms with E-state index in [1.807, 2.05) is 51.1 Å². The molecule has 0 aliphatic rings. The third-order valence-corrected chi connectivity index (χ3v) is 3.34. The Morgan fingerprint density at radius 1 is 0.875 bits per heavy atom. The molecule has 0 unspecified atom stereocenters. The number of carbonyl (C=O) groups is 2. The van der Waals surface area contributed by atoms with Crippen molar-refractivity contribution < 1.29 is 14.3 Å². The summed E-state index contributed by atoms with van der Waals surface area (Å²) >= 11 is 0. The molecule has 0 aliphatic carbocycles. The van der Waals surface area contributed by atoms with Crippen LogP contribution in [0, 0.1) is 20.8 Å². The van der Waals surface area contributed by atoms with E-state index in [-0.39, 0.29) is 25.0 Å². The zero-order valence-electron chi connectivity index (χ0n) is 14.2. The van der Waals surface area contributed by atoms with Gasteiger partial charge in [-0.3, -0.25) is 9.59 Å². The maximum absolute atomic E-state index is 11.9. The first-order valence-electron chi connectivity index (χ1n) is 7.77. The summed E-state index contributed by atoms with van der Waals surface area (Å²) in [4.78, 5) is 23.6. The van der Waals surface area contributed by atoms with Crippen molar-refractivity contribution >= 4 is 17.5 Å². The molecule has 0 aliphatic heterocycles. The van der Waals surface area contributed by atoms with Gasteiger partial charge in [0, 0.05) is 5.69 Å². The van der Waals surface area contributed by atoms with Gasteiger partial charge in [-0.25, -0.2) is 0 Å². The Hall–Kier alpha value is -2.82. The normalized spacial score (nSPS) is 10.1. The predicted octanol–water partition coefficient (Wildman–Crippen LogP) is 2.75. The van der Waals surface area contributed by atoms with Crippen molar-refractivity contribution in [3.05, 3.63) is 59.2 Å². The van der Waals surface area contributed by atoms with Gasteiger partial charge >= 0.3 is 0 Å². The fraction of sp³-hybridized carbons (Fsp3) is 0.263. The highest BCUT2D eigenvalue weighted by Crippen LogP contribution is 2.13. The van der Waals surface area contributed by atoms with E-state index < -0.39 is 0 Å². The van der Waals surface area contributed by atoms with E-state index in [1.165, 1.54) is 0 Å². The molecule has 0 radical (unpaired) electrons. The average Bonchev–Trinajstić information content (AvgIpc) is 2.51. The third kappa shape index (κ3) is 5.76. The molecule has 2 rings (SSSR count). The summed E-state index contributed by atoms with van der Waals surface area (Å²) in [5.74, 6) is 0.00488. The van der Waals surface area contributed by atoms with Crippen LogP contribution in [0.3, 0.4) is 0 Å². The van der Waals surface area contributed by atoms with E-state index in [2.05, 4.69) is 10.6 Å². The zero-order chi connectivity index (χ0) is 17.5. The molecule has 5 heteroatoms. The van der Waals surface area contributed by atoms with Gasteiger partial charge in [0.05, 0.1) is 6.54 Å². The van der Waals surface area contributed by atoms with Gasteiger partial charge in [0.2, 0.25) is 5.91 Å². The highest BCUT2D eigenvalue weighted by atomic mass is 16.5. The van der Waals surface area contributed by atoms with E-state index in [4.69, 9.17) is 4.74 Å². The maximum Gasteiger partial charge on any atom is 0.258 e. The second kappa shape index (κ2) is 8.15. The Balaban J connectivity index is 1.74. The first-order valence-corrected chi connectivity index (χ1v) is 7.77. The Kier molecular flexibility index (Phi) is 5.95. The summed E-state index contributed by atoms with van der Waals surface area (Å²) in [5.41, 5.74) is 3.99. The Labute approximate surface area is 142 Å². The molecule has 0 saturated carbocycles. The van der Waals surface area contributed by atoms with Crippen LogP contribution in [0.2, 0.25) is 0 Å². The number of amides is 2. The summed E-state index contributed by atoms with van der Waals surface area (Å²) in [6.45, 7) is 5.69. The molecule has 24 heavy (non-hydrogen) atoms. The molecule has 0 fully saturated rings. The van der Waals surface area contributed by atoms with Crippen molar-refractivity contribution in [2.45, 2.75) is 20.8 Å². The van der Waals surface area contributed by atoms with Gasteiger partial charge in [0.15, 0.2) is 6.61 Å². The van der Waals surface area contributed by atoms with Crippen molar-refractivity contribution in [2.24, 2.45) is 0 Å². The van der Waals surface area contributed by atoms with Gasteiger partial charge in [-0.15, -0.1) is 0 Å². The molecule has 2 N–H and O–H groups in total. The van der Waals surface area contributed by atoms with Gasteiger partial charge in [-0.05, 0) is 56.2 Å². The Morgan fingerprint density at radius 3 is 2.12 bits per heavy atom. The number of benzene rings is 2. The molecule has 2 aromatic carbocycles. The van der Waals surface area contributed by atoms with Gasteiger partial charge < -0.3 is 15.4 Å². The van der Waals surface area contributed by atoms with Crippen molar-refractivity contribution in [3.63, 3.8) is 0 Å². The minimum Gasteiger partial charge on any atom is -0.484 e. The van der Waals surface area contributed by atoms with Crippen LogP contribution in [0.25, 0.3) is 0 Å². The monoisotopic (exact) mass is 326 g/mol. The minimum atomic E-state index is -0.342. The second-order valence-corrected chi connectivity index (χ2v) is 5.80. The van der Waals surface area contributed by atoms with Crippen molar-refractivity contribution in [3.8, 4) is 5.75 Å². The molecule has 0 heterocycles. The molecule has 0 aromatic heterocycles.